The topological polar surface area (TPSA) is 43.0 Å². The highest BCUT2D eigenvalue weighted by atomic mass is 14.9. The van der Waals surface area contributed by atoms with Crippen LogP contribution in [0.3, 0.4) is 0 Å². The number of nitrogens with zero attached hydrogens (tertiary/aromatic N) is 1. The van der Waals surface area contributed by atoms with Crippen LogP contribution in [0.5, 0.6) is 0 Å². The van der Waals surface area contributed by atoms with Gasteiger partial charge in [0.2, 0.25) is 0 Å². The standard InChI is InChI=1S/C16H25N3/c1-12(2)13(8-17)9-18-10-14-11-19(3)16-7-5-4-6-15(14)16/h4-7,11-13,18H,8-10,17H2,1-3H3. The molecule has 1 aromatic carbocycles. The lowest BCUT2D eigenvalue weighted by Gasteiger charge is -2.19. The molecule has 3 nitrogen and oxygen atoms in total. The van der Waals surface area contributed by atoms with E-state index in [2.05, 4.69) is 61.2 Å². The van der Waals surface area contributed by atoms with Gasteiger partial charge in [0.1, 0.15) is 0 Å². The van der Waals surface area contributed by atoms with Crippen LogP contribution in [0.15, 0.2) is 30.5 Å². The maximum atomic E-state index is 5.80. The second kappa shape index (κ2) is 6.22. The fourth-order valence-corrected chi connectivity index (χ4v) is 2.55. The van der Waals surface area contributed by atoms with Crippen LogP contribution in [0.2, 0.25) is 0 Å². The second-order valence-corrected chi connectivity index (χ2v) is 5.65. The summed E-state index contributed by atoms with van der Waals surface area (Å²) in [6, 6.07) is 8.54. The fourth-order valence-electron chi connectivity index (χ4n) is 2.55. The molecule has 3 N–H and O–H groups in total. The van der Waals surface area contributed by atoms with Crippen molar-refractivity contribution < 1.29 is 0 Å². The predicted octanol–water partition coefficient (Wildman–Crippen LogP) is 2.50. The number of para-hydroxylation sites is 1. The molecule has 0 saturated carbocycles. The number of rotatable bonds is 6. The zero-order chi connectivity index (χ0) is 13.8. The summed E-state index contributed by atoms with van der Waals surface area (Å²) in [5.41, 5.74) is 8.45. The minimum atomic E-state index is 0.551. The van der Waals surface area contributed by atoms with Crippen molar-refractivity contribution in [3.05, 3.63) is 36.0 Å². The lowest BCUT2D eigenvalue weighted by Crippen LogP contribution is -2.31. The van der Waals surface area contributed by atoms with Crippen molar-refractivity contribution in [3.8, 4) is 0 Å². The second-order valence-electron chi connectivity index (χ2n) is 5.65. The minimum Gasteiger partial charge on any atom is -0.350 e. The first kappa shape index (κ1) is 14.1. The van der Waals surface area contributed by atoms with Crippen molar-refractivity contribution in [1.82, 2.24) is 9.88 Å². The first-order valence-corrected chi connectivity index (χ1v) is 7.07. The van der Waals surface area contributed by atoms with Crippen molar-refractivity contribution in [2.75, 3.05) is 13.1 Å². The first-order chi connectivity index (χ1) is 9.13. The maximum absolute atomic E-state index is 5.80. The minimum absolute atomic E-state index is 0.551. The Morgan fingerprint density at radius 2 is 2.00 bits per heavy atom. The molecule has 0 bridgehead atoms. The SMILES string of the molecule is CC(C)C(CN)CNCc1cn(C)c2ccccc12. The van der Waals surface area contributed by atoms with Gasteiger partial charge in [-0.1, -0.05) is 32.0 Å². The Bertz CT molecular complexity index is 528. The van der Waals surface area contributed by atoms with E-state index in [1.807, 2.05) is 0 Å². The largest absolute Gasteiger partial charge is 0.350 e. The molecule has 2 rings (SSSR count). The van der Waals surface area contributed by atoms with Crippen LogP contribution in [0, 0.1) is 11.8 Å². The van der Waals surface area contributed by atoms with Crippen LogP contribution in [0.25, 0.3) is 10.9 Å². The summed E-state index contributed by atoms with van der Waals surface area (Å²) in [6.07, 6.45) is 2.21. The van der Waals surface area contributed by atoms with E-state index in [0.29, 0.717) is 11.8 Å². The summed E-state index contributed by atoms with van der Waals surface area (Å²) in [5, 5.41) is 4.89. The molecule has 0 aliphatic rings. The molecule has 1 aromatic heterocycles. The predicted molar refractivity (Wildman–Crippen MR) is 82.0 cm³/mol. The molecule has 0 aliphatic heterocycles. The number of aryl methyl sites for hydroxylation is 1. The van der Waals surface area contributed by atoms with Gasteiger partial charge in [0.15, 0.2) is 0 Å². The van der Waals surface area contributed by atoms with Gasteiger partial charge in [-0.3, -0.25) is 0 Å². The Kier molecular flexibility index (Phi) is 4.61. The number of hydrogen-bond acceptors (Lipinski definition) is 2. The van der Waals surface area contributed by atoms with Gasteiger partial charge in [0.05, 0.1) is 0 Å². The molecule has 0 saturated heterocycles. The summed E-state index contributed by atoms with van der Waals surface area (Å²) in [4.78, 5) is 0. The molecule has 0 radical (unpaired) electrons. The van der Waals surface area contributed by atoms with Gasteiger partial charge in [-0.15, -0.1) is 0 Å². The smallest absolute Gasteiger partial charge is 0.0481 e. The summed E-state index contributed by atoms with van der Waals surface area (Å²) >= 11 is 0. The highest BCUT2D eigenvalue weighted by Gasteiger charge is 2.11. The Balaban J connectivity index is 2.02. The monoisotopic (exact) mass is 259 g/mol. The van der Waals surface area contributed by atoms with Gasteiger partial charge < -0.3 is 15.6 Å². The zero-order valence-corrected chi connectivity index (χ0v) is 12.2. The molecular weight excluding hydrogens is 234 g/mol. The Labute approximate surface area is 115 Å². The molecular formula is C16H25N3. The molecule has 19 heavy (non-hydrogen) atoms. The van der Waals surface area contributed by atoms with E-state index in [4.69, 9.17) is 5.73 Å². The van der Waals surface area contributed by atoms with E-state index in [9.17, 15) is 0 Å². The lowest BCUT2D eigenvalue weighted by molar-refractivity contribution is 0.371. The maximum Gasteiger partial charge on any atom is 0.0481 e. The third-order valence-corrected chi connectivity index (χ3v) is 3.95. The highest BCUT2D eigenvalue weighted by molar-refractivity contribution is 5.83. The molecule has 0 spiro atoms. The summed E-state index contributed by atoms with van der Waals surface area (Å²) in [5.74, 6) is 1.18. The Hall–Kier alpha value is -1.32. The summed E-state index contributed by atoms with van der Waals surface area (Å²) in [6.45, 7) is 7.11. The highest BCUT2D eigenvalue weighted by Crippen LogP contribution is 2.20. The Morgan fingerprint density at radius 1 is 1.26 bits per heavy atom. The number of benzene rings is 1. The van der Waals surface area contributed by atoms with Crippen molar-refractivity contribution in [2.45, 2.75) is 20.4 Å². The molecule has 0 fully saturated rings. The number of nitrogens with two attached hydrogens (primary N) is 1. The van der Waals surface area contributed by atoms with E-state index in [0.717, 1.165) is 19.6 Å². The Morgan fingerprint density at radius 3 is 2.68 bits per heavy atom. The van der Waals surface area contributed by atoms with Gasteiger partial charge in [-0.05, 0) is 36.6 Å². The molecule has 1 unspecified atom stereocenters. The number of aromatic nitrogens is 1. The summed E-state index contributed by atoms with van der Waals surface area (Å²) in [7, 11) is 2.10. The number of hydrogen-bond donors (Lipinski definition) is 2. The van der Waals surface area contributed by atoms with Crippen LogP contribution in [0.4, 0.5) is 0 Å². The fraction of sp³-hybridized carbons (Fsp3) is 0.500. The van der Waals surface area contributed by atoms with Gasteiger partial charge in [-0.25, -0.2) is 0 Å². The number of fused-ring (bicyclic) bond motifs is 1. The van der Waals surface area contributed by atoms with Crippen LogP contribution < -0.4 is 11.1 Å². The normalized spacial score (nSPS) is 13.3. The van der Waals surface area contributed by atoms with Gasteiger partial charge in [0, 0.05) is 30.7 Å². The molecule has 0 amide bonds. The zero-order valence-electron chi connectivity index (χ0n) is 12.2. The third-order valence-electron chi connectivity index (χ3n) is 3.95. The van der Waals surface area contributed by atoms with E-state index in [1.165, 1.54) is 16.5 Å². The average molecular weight is 259 g/mol. The van der Waals surface area contributed by atoms with E-state index < -0.39 is 0 Å². The lowest BCUT2D eigenvalue weighted by atomic mass is 9.96. The van der Waals surface area contributed by atoms with E-state index in [1.54, 1.807) is 0 Å². The van der Waals surface area contributed by atoms with Crippen molar-refractivity contribution in [2.24, 2.45) is 24.6 Å². The molecule has 104 valence electrons. The summed E-state index contributed by atoms with van der Waals surface area (Å²) < 4.78 is 2.19. The van der Waals surface area contributed by atoms with Gasteiger partial charge >= 0.3 is 0 Å². The third kappa shape index (κ3) is 3.17. The molecule has 0 aliphatic carbocycles. The number of nitrogens with one attached hydrogen (secondary N) is 1. The molecule has 1 heterocycles. The van der Waals surface area contributed by atoms with Gasteiger partial charge in [0.25, 0.3) is 0 Å². The van der Waals surface area contributed by atoms with Gasteiger partial charge in [-0.2, -0.15) is 0 Å². The first-order valence-electron chi connectivity index (χ1n) is 7.07. The van der Waals surface area contributed by atoms with Crippen LogP contribution in [-0.2, 0) is 13.6 Å². The van der Waals surface area contributed by atoms with E-state index >= 15 is 0 Å². The van der Waals surface area contributed by atoms with Crippen LogP contribution in [0.1, 0.15) is 19.4 Å². The quantitative estimate of drug-likeness (QED) is 0.837. The van der Waals surface area contributed by atoms with Crippen LogP contribution >= 0.6 is 0 Å². The van der Waals surface area contributed by atoms with Crippen molar-refractivity contribution in [3.63, 3.8) is 0 Å². The van der Waals surface area contributed by atoms with Crippen LogP contribution in [-0.4, -0.2) is 17.7 Å². The average Bonchev–Trinajstić information content (AvgIpc) is 2.72. The molecule has 3 heteroatoms. The van der Waals surface area contributed by atoms with E-state index in [-0.39, 0.29) is 0 Å². The molecule has 2 aromatic rings. The molecule has 1 atom stereocenters. The van der Waals surface area contributed by atoms with Crippen molar-refractivity contribution >= 4 is 10.9 Å². The van der Waals surface area contributed by atoms with Crippen molar-refractivity contribution in [1.29, 1.82) is 0 Å².